The first-order valence-electron chi connectivity index (χ1n) is 6.00. The van der Waals surface area contributed by atoms with Crippen LogP contribution >= 0.6 is 0 Å². The fraction of sp³-hybridized carbons (Fsp3) is 0.917. The first kappa shape index (κ1) is 20.0. The molecule has 21 heavy (non-hydrogen) atoms. The van der Waals surface area contributed by atoms with E-state index in [-0.39, 0.29) is 0 Å². The third kappa shape index (κ3) is 4.23. The van der Waals surface area contributed by atoms with Gasteiger partial charge in [0.25, 0.3) is 0 Å². The van der Waals surface area contributed by atoms with Crippen molar-refractivity contribution in [2.75, 3.05) is 0 Å². The minimum absolute atomic E-state index is 0.453. The minimum atomic E-state index is -6.42. The van der Waals surface area contributed by atoms with Crippen molar-refractivity contribution in [1.29, 1.82) is 0 Å². The number of carbonyl (C=O) groups excluding carboxylic acids is 1. The van der Waals surface area contributed by atoms with Gasteiger partial charge in [-0.3, -0.25) is 4.79 Å². The van der Waals surface area contributed by atoms with E-state index in [1.54, 1.807) is 0 Å². The third-order valence-corrected chi connectivity index (χ3v) is 2.88. The molecule has 0 radical (unpaired) electrons. The third-order valence-electron chi connectivity index (χ3n) is 2.88. The van der Waals surface area contributed by atoms with Gasteiger partial charge in [-0.25, -0.2) is 0 Å². The summed E-state index contributed by atoms with van der Waals surface area (Å²) in [6, 6.07) is 0. The number of alkyl halides is 7. The second-order valence-electron chi connectivity index (χ2n) is 5.81. The number of halogens is 7. The Morgan fingerprint density at radius 2 is 1.29 bits per heavy atom. The molecule has 126 valence electrons. The van der Waals surface area contributed by atoms with Gasteiger partial charge in [-0.15, -0.1) is 0 Å². The summed E-state index contributed by atoms with van der Waals surface area (Å²) >= 11 is 0. The second-order valence-corrected chi connectivity index (χ2v) is 5.81. The van der Waals surface area contributed by atoms with E-state index in [0.717, 1.165) is 6.92 Å². The lowest BCUT2D eigenvalue weighted by Crippen LogP contribution is -2.57. The molecule has 2 unspecified atom stereocenters. The van der Waals surface area contributed by atoms with E-state index in [0.29, 0.717) is 6.92 Å². The molecular weight excluding hydrogens is 309 g/mol. The summed E-state index contributed by atoms with van der Waals surface area (Å²) < 4.78 is 93.7. The predicted octanol–water partition coefficient (Wildman–Crippen LogP) is 4.43. The highest BCUT2D eigenvalue weighted by Gasteiger charge is 2.75. The summed E-state index contributed by atoms with van der Waals surface area (Å²) in [5.41, 5.74) is -1.08. The molecule has 0 saturated heterocycles. The summed E-state index contributed by atoms with van der Waals surface area (Å²) in [7, 11) is 0. The highest BCUT2D eigenvalue weighted by atomic mass is 19.4. The Morgan fingerprint density at radius 1 is 0.905 bits per heavy atom. The molecule has 0 saturated carbocycles. The molecule has 0 aromatic carbocycles. The van der Waals surface area contributed by atoms with Crippen LogP contribution in [-0.2, 0) is 9.53 Å². The van der Waals surface area contributed by atoms with Crippen LogP contribution in [0.5, 0.6) is 0 Å². The average Bonchev–Trinajstić information content (AvgIpc) is 2.22. The van der Waals surface area contributed by atoms with Crippen LogP contribution in [0.15, 0.2) is 0 Å². The van der Waals surface area contributed by atoms with E-state index in [2.05, 4.69) is 0 Å². The number of rotatable bonds is 4. The average molecular weight is 326 g/mol. The van der Waals surface area contributed by atoms with Gasteiger partial charge in [0.1, 0.15) is 5.60 Å². The van der Waals surface area contributed by atoms with Gasteiger partial charge in [-0.2, -0.15) is 30.7 Å². The van der Waals surface area contributed by atoms with Crippen LogP contribution < -0.4 is 0 Å². The monoisotopic (exact) mass is 326 g/mol. The van der Waals surface area contributed by atoms with Gasteiger partial charge < -0.3 is 4.74 Å². The van der Waals surface area contributed by atoms with Gasteiger partial charge in [-0.1, -0.05) is 13.8 Å². The molecule has 0 rings (SSSR count). The van der Waals surface area contributed by atoms with Crippen molar-refractivity contribution >= 4 is 5.97 Å². The Labute approximate surface area is 117 Å². The Bertz CT molecular complexity index is 382. The summed E-state index contributed by atoms with van der Waals surface area (Å²) in [5, 5.41) is 0. The lowest BCUT2D eigenvalue weighted by Gasteiger charge is -2.35. The number of carbonyl (C=O) groups is 1. The fourth-order valence-corrected chi connectivity index (χ4v) is 1.39. The van der Waals surface area contributed by atoms with Crippen molar-refractivity contribution in [3.05, 3.63) is 0 Å². The van der Waals surface area contributed by atoms with E-state index >= 15 is 0 Å². The molecule has 0 amide bonds. The first-order chi connectivity index (χ1) is 8.95. The molecule has 0 bridgehead atoms. The Hall–Kier alpha value is -1.02. The molecule has 0 heterocycles. The van der Waals surface area contributed by atoms with Crippen molar-refractivity contribution in [2.45, 2.75) is 58.2 Å². The van der Waals surface area contributed by atoms with Gasteiger partial charge in [0.05, 0.1) is 5.92 Å². The zero-order valence-electron chi connectivity index (χ0n) is 12.1. The normalized spacial score (nSPS) is 17.3. The molecule has 0 aliphatic heterocycles. The van der Waals surface area contributed by atoms with Crippen LogP contribution in [0.2, 0.25) is 0 Å². The van der Waals surface area contributed by atoms with Crippen molar-refractivity contribution in [3.8, 4) is 0 Å². The smallest absolute Gasteiger partial charge is 0.459 e. The van der Waals surface area contributed by atoms with Crippen LogP contribution in [0, 0.1) is 11.8 Å². The predicted molar refractivity (Wildman–Crippen MR) is 60.1 cm³/mol. The van der Waals surface area contributed by atoms with Gasteiger partial charge in [0.15, 0.2) is 0 Å². The van der Waals surface area contributed by atoms with Gasteiger partial charge >= 0.3 is 24.0 Å². The van der Waals surface area contributed by atoms with E-state index in [1.165, 1.54) is 20.8 Å². The zero-order valence-corrected chi connectivity index (χ0v) is 12.1. The fourth-order valence-electron chi connectivity index (χ4n) is 1.39. The van der Waals surface area contributed by atoms with Crippen molar-refractivity contribution in [1.82, 2.24) is 0 Å². The highest BCUT2D eigenvalue weighted by Crippen LogP contribution is 2.51. The summed E-state index contributed by atoms with van der Waals surface area (Å²) in [4.78, 5) is 11.5. The molecule has 0 aliphatic carbocycles. The van der Waals surface area contributed by atoms with Gasteiger partial charge in [0.2, 0.25) is 0 Å². The van der Waals surface area contributed by atoms with E-state index in [9.17, 15) is 35.5 Å². The first-order valence-corrected chi connectivity index (χ1v) is 6.00. The van der Waals surface area contributed by atoms with E-state index < -0.39 is 41.4 Å². The van der Waals surface area contributed by atoms with Crippen LogP contribution in [0.4, 0.5) is 30.7 Å². The SMILES string of the molecule is CC(C(=O)OC(C)(C)C)C(C)C(F)(F)C(F)(F)C(F)(F)F. The van der Waals surface area contributed by atoms with E-state index in [4.69, 9.17) is 4.74 Å². The molecule has 2 atom stereocenters. The molecule has 0 aromatic rings. The van der Waals surface area contributed by atoms with Crippen LogP contribution in [0.3, 0.4) is 0 Å². The Morgan fingerprint density at radius 3 is 1.57 bits per heavy atom. The molecule has 2 nitrogen and oxygen atoms in total. The maximum atomic E-state index is 13.5. The summed E-state index contributed by atoms with van der Waals surface area (Å²) in [5.74, 6) is -17.4. The number of ether oxygens (including phenoxy) is 1. The van der Waals surface area contributed by atoms with Crippen molar-refractivity contribution < 1.29 is 40.3 Å². The second kappa shape index (κ2) is 5.64. The van der Waals surface area contributed by atoms with Crippen LogP contribution in [0.1, 0.15) is 34.6 Å². The summed E-state index contributed by atoms with van der Waals surface area (Å²) in [6.07, 6.45) is -6.42. The number of hydrogen-bond acceptors (Lipinski definition) is 2. The Kier molecular flexibility index (Phi) is 5.37. The summed E-state index contributed by atoms with van der Waals surface area (Å²) in [6.45, 7) is 5.49. The molecule has 0 fully saturated rings. The van der Waals surface area contributed by atoms with Crippen molar-refractivity contribution in [2.24, 2.45) is 11.8 Å². The number of hydrogen-bond donors (Lipinski definition) is 0. The molecule has 0 N–H and O–H groups in total. The van der Waals surface area contributed by atoms with Gasteiger partial charge in [-0.05, 0) is 20.8 Å². The van der Waals surface area contributed by atoms with E-state index in [1.807, 2.05) is 0 Å². The van der Waals surface area contributed by atoms with Crippen LogP contribution in [0.25, 0.3) is 0 Å². The highest BCUT2D eigenvalue weighted by molar-refractivity contribution is 5.73. The zero-order chi connectivity index (χ0) is 17.4. The topological polar surface area (TPSA) is 26.3 Å². The molecule has 0 aromatic heterocycles. The van der Waals surface area contributed by atoms with Gasteiger partial charge in [0, 0.05) is 5.92 Å². The number of esters is 1. The van der Waals surface area contributed by atoms with Crippen molar-refractivity contribution in [3.63, 3.8) is 0 Å². The quantitative estimate of drug-likeness (QED) is 0.564. The minimum Gasteiger partial charge on any atom is -0.460 e. The lowest BCUT2D eigenvalue weighted by atomic mass is 9.86. The maximum Gasteiger partial charge on any atom is 0.459 e. The molecule has 0 aliphatic rings. The lowest BCUT2D eigenvalue weighted by molar-refractivity contribution is -0.367. The largest absolute Gasteiger partial charge is 0.460 e. The molecule has 0 spiro atoms. The standard InChI is InChI=1S/C12H17F7O2/c1-6(8(20)21-9(3,4)5)7(2)10(13,14)11(15,16)12(17,18)19/h6-7H,1-5H3. The Balaban J connectivity index is 5.32. The molecule has 9 heteroatoms. The molecular formula is C12H17F7O2. The maximum absolute atomic E-state index is 13.5. The van der Waals surface area contributed by atoms with Crippen LogP contribution in [-0.4, -0.2) is 29.6 Å².